The fourth-order valence-electron chi connectivity index (χ4n) is 1.48. The first kappa shape index (κ1) is 10.9. The van der Waals surface area contributed by atoms with Gasteiger partial charge in [0.05, 0.1) is 18.0 Å². The third-order valence-corrected chi connectivity index (χ3v) is 2.30. The topological polar surface area (TPSA) is 47.3 Å². The maximum atomic E-state index is 9.68. The second-order valence-electron chi connectivity index (χ2n) is 3.49. The second kappa shape index (κ2) is 4.92. The van der Waals surface area contributed by atoms with Gasteiger partial charge in [-0.2, -0.15) is 5.10 Å². The molecule has 1 heterocycles. The number of para-hydroxylation sites is 1. The van der Waals surface area contributed by atoms with Gasteiger partial charge in [0, 0.05) is 13.3 Å². The van der Waals surface area contributed by atoms with E-state index in [1.54, 1.807) is 17.9 Å². The van der Waals surface area contributed by atoms with Gasteiger partial charge in [0.25, 0.3) is 0 Å². The highest BCUT2D eigenvalue weighted by molar-refractivity contribution is 5.30. The quantitative estimate of drug-likeness (QED) is 0.847. The van der Waals surface area contributed by atoms with E-state index < -0.39 is 6.10 Å². The molecule has 0 saturated carbocycles. The van der Waals surface area contributed by atoms with Gasteiger partial charge in [0.2, 0.25) is 0 Å². The van der Waals surface area contributed by atoms with Gasteiger partial charge in [-0.1, -0.05) is 18.2 Å². The summed E-state index contributed by atoms with van der Waals surface area (Å²) in [6.45, 7) is 0.256. The number of aliphatic hydroxyl groups is 1. The summed E-state index contributed by atoms with van der Waals surface area (Å²) in [5.41, 5.74) is 1.59. The van der Waals surface area contributed by atoms with Crippen molar-refractivity contribution in [2.24, 2.45) is 0 Å². The Hall–Kier alpha value is -1.65. The van der Waals surface area contributed by atoms with Crippen LogP contribution in [0.1, 0.15) is 11.8 Å². The number of hydrogen-bond acceptors (Lipinski definition) is 3. The van der Waals surface area contributed by atoms with Gasteiger partial charge in [0.1, 0.15) is 6.10 Å². The lowest BCUT2D eigenvalue weighted by Gasteiger charge is -2.05. The monoisotopic (exact) mass is 218 g/mol. The number of rotatable bonds is 4. The van der Waals surface area contributed by atoms with Gasteiger partial charge in [-0.15, -0.1) is 0 Å². The number of nitrogens with zero attached hydrogens (tertiary/aromatic N) is 2. The molecule has 0 saturated heterocycles. The molecular formula is C12H14N2O2. The van der Waals surface area contributed by atoms with Gasteiger partial charge in [-0.25, -0.2) is 4.68 Å². The lowest BCUT2D eigenvalue weighted by Crippen LogP contribution is -2.06. The van der Waals surface area contributed by atoms with Crippen LogP contribution in [0.15, 0.2) is 42.6 Å². The molecule has 0 aliphatic rings. The van der Waals surface area contributed by atoms with Crippen molar-refractivity contribution in [3.8, 4) is 5.69 Å². The molecule has 0 aliphatic heterocycles. The molecule has 0 fully saturated rings. The molecule has 0 bridgehead atoms. The fraction of sp³-hybridized carbons (Fsp3) is 0.250. The Morgan fingerprint density at radius 2 is 2.06 bits per heavy atom. The molecule has 1 aromatic heterocycles. The van der Waals surface area contributed by atoms with Crippen LogP contribution in [0.5, 0.6) is 0 Å². The first-order chi connectivity index (χ1) is 7.81. The third-order valence-electron chi connectivity index (χ3n) is 2.30. The molecule has 0 spiro atoms. The summed E-state index contributed by atoms with van der Waals surface area (Å²) in [7, 11) is 1.55. The lowest BCUT2D eigenvalue weighted by atomic mass is 10.3. The van der Waals surface area contributed by atoms with Crippen molar-refractivity contribution in [1.82, 2.24) is 9.78 Å². The zero-order valence-corrected chi connectivity index (χ0v) is 9.08. The molecule has 1 N–H and O–H groups in total. The van der Waals surface area contributed by atoms with Crippen molar-refractivity contribution in [3.05, 3.63) is 48.3 Å². The zero-order valence-electron chi connectivity index (χ0n) is 9.08. The minimum Gasteiger partial charge on any atom is -0.384 e. The summed E-state index contributed by atoms with van der Waals surface area (Å²) >= 11 is 0. The predicted octanol–water partition coefficient (Wildman–Crippen LogP) is 1.55. The molecule has 16 heavy (non-hydrogen) atoms. The summed E-state index contributed by atoms with van der Waals surface area (Å²) in [5, 5.41) is 14.0. The average Bonchev–Trinajstić information content (AvgIpc) is 2.80. The lowest BCUT2D eigenvalue weighted by molar-refractivity contribution is 0.0615. The summed E-state index contributed by atoms with van der Waals surface area (Å²) in [4.78, 5) is 0. The normalized spacial score (nSPS) is 12.6. The van der Waals surface area contributed by atoms with Crippen LogP contribution < -0.4 is 0 Å². The second-order valence-corrected chi connectivity index (χ2v) is 3.49. The molecule has 0 radical (unpaired) electrons. The Kier molecular flexibility index (Phi) is 3.34. The van der Waals surface area contributed by atoms with Crippen LogP contribution in [0.4, 0.5) is 0 Å². The molecule has 1 aromatic carbocycles. The number of aromatic nitrogens is 2. The van der Waals surface area contributed by atoms with E-state index >= 15 is 0 Å². The van der Waals surface area contributed by atoms with Gasteiger partial charge < -0.3 is 9.84 Å². The molecular weight excluding hydrogens is 204 g/mol. The van der Waals surface area contributed by atoms with E-state index in [0.717, 1.165) is 5.69 Å². The first-order valence-electron chi connectivity index (χ1n) is 5.09. The smallest absolute Gasteiger partial charge is 0.121 e. The molecule has 4 nitrogen and oxygen atoms in total. The van der Waals surface area contributed by atoms with Crippen LogP contribution in [0, 0.1) is 0 Å². The van der Waals surface area contributed by atoms with Gasteiger partial charge >= 0.3 is 0 Å². The minimum atomic E-state index is -0.671. The molecule has 2 aromatic rings. The van der Waals surface area contributed by atoms with Crippen molar-refractivity contribution < 1.29 is 9.84 Å². The molecule has 2 rings (SSSR count). The standard InChI is InChI=1S/C12H14N2O2/c1-16-9-12(15)11-7-8-14(13-11)10-5-3-2-4-6-10/h2-8,12,15H,9H2,1H3. The first-order valence-corrected chi connectivity index (χ1v) is 5.09. The highest BCUT2D eigenvalue weighted by atomic mass is 16.5. The number of aliphatic hydroxyl groups excluding tert-OH is 1. The van der Waals surface area contributed by atoms with Crippen molar-refractivity contribution in [3.63, 3.8) is 0 Å². The number of hydrogen-bond donors (Lipinski definition) is 1. The van der Waals surface area contributed by atoms with Crippen molar-refractivity contribution in [2.75, 3.05) is 13.7 Å². The van der Waals surface area contributed by atoms with Crippen molar-refractivity contribution in [1.29, 1.82) is 0 Å². The largest absolute Gasteiger partial charge is 0.384 e. The average molecular weight is 218 g/mol. The summed E-state index contributed by atoms with van der Waals surface area (Å²) in [5.74, 6) is 0. The molecule has 4 heteroatoms. The van der Waals surface area contributed by atoms with E-state index in [0.29, 0.717) is 5.69 Å². The number of methoxy groups -OCH3 is 1. The summed E-state index contributed by atoms with van der Waals surface area (Å²) in [6.07, 6.45) is 1.15. The van der Waals surface area contributed by atoms with E-state index in [9.17, 15) is 5.11 Å². The maximum absolute atomic E-state index is 9.68. The molecule has 84 valence electrons. The van der Waals surface area contributed by atoms with E-state index in [2.05, 4.69) is 5.10 Å². The van der Waals surface area contributed by atoms with E-state index in [1.807, 2.05) is 36.5 Å². The van der Waals surface area contributed by atoms with Crippen LogP contribution in [0.25, 0.3) is 5.69 Å². The molecule has 0 aliphatic carbocycles. The molecule has 1 atom stereocenters. The summed E-state index contributed by atoms with van der Waals surface area (Å²) < 4.78 is 6.60. The summed E-state index contributed by atoms with van der Waals surface area (Å²) in [6, 6.07) is 11.5. The predicted molar refractivity (Wildman–Crippen MR) is 60.4 cm³/mol. The van der Waals surface area contributed by atoms with Gasteiger partial charge in [-0.3, -0.25) is 0 Å². The van der Waals surface area contributed by atoms with E-state index in [1.165, 1.54) is 0 Å². The number of ether oxygens (including phenoxy) is 1. The van der Waals surface area contributed by atoms with Crippen LogP contribution in [-0.4, -0.2) is 28.6 Å². The van der Waals surface area contributed by atoms with Crippen molar-refractivity contribution in [2.45, 2.75) is 6.10 Å². The van der Waals surface area contributed by atoms with E-state index in [-0.39, 0.29) is 6.61 Å². The van der Waals surface area contributed by atoms with Gasteiger partial charge in [0.15, 0.2) is 0 Å². The van der Waals surface area contributed by atoms with Crippen LogP contribution in [0.3, 0.4) is 0 Å². The maximum Gasteiger partial charge on any atom is 0.121 e. The number of benzene rings is 1. The third kappa shape index (κ3) is 2.29. The highest BCUT2D eigenvalue weighted by Gasteiger charge is 2.10. The fourth-order valence-corrected chi connectivity index (χ4v) is 1.48. The van der Waals surface area contributed by atoms with Crippen LogP contribution in [0.2, 0.25) is 0 Å². The molecule has 1 unspecified atom stereocenters. The Labute approximate surface area is 94.1 Å². The highest BCUT2D eigenvalue weighted by Crippen LogP contribution is 2.12. The van der Waals surface area contributed by atoms with Crippen molar-refractivity contribution >= 4 is 0 Å². The van der Waals surface area contributed by atoms with E-state index in [4.69, 9.17) is 4.74 Å². The Bertz CT molecular complexity index is 439. The minimum absolute atomic E-state index is 0.256. The van der Waals surface area contributed by atoms with Crippen LogP contribution >= 0.6 is 0 Å². The Balaban J connectivity index is 2.20. The van der Waals surface area contributed by atoms with Gasteiger partial charge in [-0.05, 0) is 18.2 Å². The Morgan fingerprint density at radius 3 is 2.75 bits per heavy atom. The molecule has 0 amide bonds. The van der Waals surface area contributed by atoms with Crippen LogP contribution in [-0.2, 0) is 4.74 Å². The SMILES string of the molecule is COCC(O)c1ccn(-c2ccccc2)n1. The Morgan fingerprint density at radius 1 is 1.31 bits per heavy atom. The zero-order chi connectivity index (χ0) is 11.4.